The molecular weight excluding hydrogens is 2190 g/mol. The van der Waals surface area contributed by atoms with Crippen molar-refractivity contribution in [1.29, 1.82) is 0 Å². The molecule has 0 aromatic carbocycles. The van der Waals surface area contributed by atoms with Crippen LogP contribution in [0.4, 0.5) is 0 Å². The zero-order valence-electron chi connectivity index (χ0n) is 94.7. The van der Waals surface area contributed by atoms with Gasteiger partial charge in [0.15, 0.2) is 16.6 Å². The van der Waals surface area contributed by atoms with Crippen LogP contribution in [0.5, 0.6) is 0 Å². The summed E-state index contributed by atoms with van der Waals surface area (Å²) in [5.74, 6) is 0. The summed E-state index contributed by atoms with van der Waals surface area (Å²) in [6.45, 7) is 137. The summed E-state index contributed by atoms with van der Waals surface area (Å²) in [6.07, 6.45) is 0. The van der Waals surface area contributed by atoms with Gasteiger partial charge < -0.3 is 128 Å². The zero-order valence-corrected chi connectivity index (χ0v) is 127. The Hall–Kier alpha value is 5.70. The van der Waals surface area contributed by atoms with Crippen molar-refractivity contribution in [3.63, 3.8) is 0 Å². The molecule has 0 aromatic heterocycles. The molecule has 0 aromatic rings. The topological polar surface area (TPSA) is 286 Å². The highest BCUT2D eigenvalue weighted by Gasteiger charge is 2.59. The van der Waals surface area contributed by atoms with E-state index in [4.69, 9.17) is 128 Å². The highest BCUT2D eigenvalue weighted by Crippen LogP contribution is 2.39. The van der Waals surface area contributed by atoms with Gasteiger partial charge in [0.2, 0.25) is 0 Å². The van der Waals surface area contributed by atoms with Crippen LogP contribution in [0.25, 0.3) is 0 Å². The van der Waals surface area contributed by atoms with E-state index in [1.807, 2.05) is 0 Å². The molecule has 129 heavy (non-hydrogen) atoms. The van der Waals surface area contributed by atoms with E-state index in [0.717, 1.165) is 0 Å². The molecule has 31 nitrogen and oxygen atoms in total. The summed E-state index contributed by atoms with van der Waals surface area (Å²) in [5, 5.41) is 0. The van der Waals surface area contributed by atoms with E-state index in [-0.39, 0.29) is 0 Å². The van der Waals surface area contributed by atoms with Crippen molar-refractivity contribution >= 4 is 273 Å². The second-order valence-corrected chi connectivity index (χ2v) is 167. The standard InChI is InChI=1S/C66H198O31Si32/c1-98(2,3)67-100(7,8)69-102(11,12)71-104(15,16)73-106(19,20)75-108(23,24)77-110(27,28)79-112(31,32)81-114(35,36)83-116(39,40)85-118(43,44)87-120(47,48)89-122(51,52)91-124(55,56)93-126(59,60)95-128(63,64)97-129(65,66)96-127(61,62)94-125(57,58)92-123(53,54)90-121(49,50)88-119(45,46)86-117(41,42)84-115(37,38)82-113(33,34)80-111(29,30)78-109(25,26)76-107(21,22)74-105(17,18)72-103(13,14)70-101(9,10)68-99(4,5)6/h1-66H3. The molecule has 63 heteroatoms. The Morgan fingerprint density at radius 3 is 0.116 bits per heavy atom. The first-order valence-electron chi connectivity index (χ1n) is 45.7. The molecule has 0 fully saturated rings. The Balaban J connectivity index is 5.98. The third-order valence-corrected chi connectivity index (χ3v) is 138. The van der Waals surface area contributed by atoms with Gasteiger partial charge in [0, 0.05) is 0 Å². The van der Waals surface area contributed by atoms with Crippen LogP contribution in [0.1, 0.15) is 0 Å². The lowest BCUT2D eigenvalue weighted by molar-refractivity contribution is 0.242. The van der Waals surface area contributed by atoms with Crippen LogP contribution in [-0.4, -0.2) is 273 Å². The molecule has 0 saturated carbocycles. The van der Waals surface area contributed by atoms with Gasteiger partial charge in [0.05, 0.1) is 0 Å². The van der Waals surface area contributed by atoms with E-state index < -0.39 is 273 Å². The molecule has 0 aliphatic carbocycles. The molecule has 0 bridgehead atoms. The van der Waals surface area contributed by atoms with E-state index in [2.05, 4.69) is 432 Å². The molecule has 0 spiro atoms. The van der Waals surface area contributed by atoms with Crippen molar-refractivity contribution in [2.75, 3.05) is 0 Å². The fourth-order valence-electron chi connectivity index (χ4n) is 19.3. The molecule has 776 valence electrons. The van der Waals surface area contributed by atoms with Gasteiger partial charge in [-0.25, -0.2) is 0 Å². The highest BCUT2D eigenvalue weighted by molar-refractivity contribution is 6.99. The maximum Gasteiger partial charge on any atom is 0.314 e. The maximum atomic E-state index is 7.04. The van der Waals surface area contributed by atoms with E-state index in [0.29, 0.717) is 0 Å². The Bertz CT molecular complexity index is 3190. The van der Waals surface area contributed by atoms with Crippen molar-refractivity contribution < 1.29 is 128 Å². The van der Waals surface area contributed by atoms with Crippen LogP contribution in [0.2, 0.25) is 432 Å². The Morgan fingerprint density at radius 2 is 0.0853 bits per heavy atom. The van der Waals surface area contributed by atoms with Gasteiger partial charge in [0.25, 0.3) is 0 Å². The van der Waals surface area contributed by atoms with E-state index >= 15 is 0 Å². The minimum absolute atomic E-state index is 1.82. The number of rotatable bonds is 62. The second kappa shape index (κ2) is 45.0. The lowest BCUT2D eigenvalue weighted by Gasteiger charge is -2.45. The molecular formula is C66H198O31Si32. The monoisotopic (exact) mass is 2380 g/mol. The Morgan fingerprint density at radius 1 is 0.0543 bits per heavy atom. The molecule has 0 N–H and O–H groups in total. The molecule has 0 rings (SSSR count). The van der Waals surface area contributed by atoms with Gasteiger partial charge in [-0.2, -0.15) is 0 Å². The van der Waals surface area contributed by atoms with E-state index in [9.17, 15) is 0 Å². The van der Waals surface area contributed by atoms with Crippen LogP contribution in [0, 0.1) is 0 Å². The zero-order chi connectivity index (χ0) is 104. The van der Waals surface area contributed by atoms with Crippen LogP contribution >= 0.6 is 0 Å². The summed E-state index contributed by atoms with van der Waals surface area (Å²) in [4.78, 5) is 0. The Kier molecular flexibility index (Phi) is 47.0. The van der Waals surface area contributed by atoms with Crippen LogP contribution in [0.15, 0.2) is 0 Å². The van der Waals surface area contributed by atoms with Crippen molar-refractivity contribution in [2.24, 2.45) is 0 Å². The summed E-state index contributed by atoms with van der Waals surface area (Å²) < 4.78 is 215. The minimum Gasteiger partial charge on any atom is -0.437 e. The molecule has 0 aliphatic heterocycles. The molecule has 0 unspecified atom stereocenters. The average Bonchev–Trinajstić information content (AvgIpc) is 0.798. The van der Waals surface area contributed by atoms with Gasteiger partial charge in [-0.1, -0.05) is 0 Å². The maximum absolute atomic E-state index is 7.04. The normalized spacial score (nSPS) is 16.3. The third-order valence-electron chi connectivity index (χ3n) is 15.4. The van der Waals surface area contributed by atoms with E-state index in [1.54, 1.807) is 0 Å². The fourth-order valence-corrected chi connectivity index (χ4v) is 185. The third kappa shape index (κ3) is 63.1. The largest absolute Gasteiger partial charge is 0.437 e. The Labute approximate surface area is 825 Å². The van der Waals surface area contributed by atoms with Gasteiger partial charge in [-0.3, -0.25) is 0 Å². The van der Waals surface area contributed by atoms with Gasteiger partial charge in [0.1, 0.15) is 0 Å². The predicted molar refractivity (Wildman–Crippen MR) is 605 cm³/mol. The number of hydrogen-bond acceptors (Lipinski definition) is 31. The molecule has 0 amide bonds. The lowest BCUT2D eigenvalue weighted by Crippen LogP contribution is -2.63. The predicted octanol–water partition coefficient (Wildman–Crippen LogP) is 24.2. The van der Waals surface area contributed by atoms with Gasteiger partial charge >= 0.3 is 257 Å². The SMILES string of the molecule is C[Si](C)(C)O[Si](C)(C)O[Si](C)(C)O[Si](C)(C)O[Si](C)(C)O[Si](C)(C)O[Si](C)(C)O[Si](C)(C)O[Si](C)(C)O[Si](C)(C)O[Si](C)(C)O[Si](C)(C)O[Si](C)(C)O[Si](C)(C)O[Si](C)(C)O[Si](C)(C)O[Si](C)(C)O[Si](C)(C)O[Si](C)(C)O[Si](C)(C)O[Si](C)(C)O[Si](C)(C)O[Si](C)(C)O[Si](C)(C)O[Si](C)(C)O[Si](C)(C)O[Si](C)(C)O[Si](C)(C)O[Si](C)(C)O[Si](C)(C)O[Si](C)(C)O[Si](C)(C)C. The van der Waals surface area contributed by atoms with Gasteiger partial charge in [-0.05, 0) is 432 Å². The second-order valence-electron chi connectivity index (χ2n) is 49.4. The van der Waals surface area contributed by atoms with Crippen molar-refractivity contribution in [3.8, 4) is 0 Å². The quantitative estimate of drug-likeness (QED) is 0.0511. The first-order valence-corrected chi connectivity index (χ1v) is 137. The van der Waals surface area contributed by atoms with E-state index in [1.165, 1.54) is 0 Å². The summed E-state index contributed by atoms with van der Waals surface area (Å²) in [6, 6.07) is 0. The first-order chi connectivity index (χ1) is 54.9. The minimum atomic E-state index is -2.95. The number of hydrogen-bond donors (Lipinski definition) is 0. The molecule has 0 heterocycles. The molecule has 0 aliphatic rings. The highest BCUT2D eigenvalue weighted by atomic mass is 28.6. The van der Waals surface area contributed by atoms with Crippen molar-refractivity contribution in [3.05, 3.63) is 0 Å². The first kappa shape index (κ1) is 135. The fraction of sp³-hybridized carbons (Fsp3) is 1.00. The molecule has 0 saturated heterocycles. The van der Waals surface area contributed by atoms with Crippen LogP contribution in [-0.2, 0) is 128 Å². The van der Waals surface area contributed by atoms with Crippen LogP contribution < -0.4 is 0 Å². The summed E-state index contributed by atoms with van der Waals surface area (Å²) in [5.41, 5.74) is 0. The summed E-state index contributed by atoms with van der Waals surface area (Å²) >= 11 is 0. The lowest BCUT2D eigenvalue weighted by atomic mass is 11.8. The van der Waals surface area contributed by atoms with Crippen molar-refractivity contribution in [2.45, 2.75) is 432 Å². The smallest absolute Gasteiger partial charge is 0.314 e. The van der Waals surface area contributed by atoms with Gasteiger partial charge in [-0.15, -0.1) is 0 Å². The molecule has 0 atom stereocenters. The average molecular weight is 2390 g/mol. The van der Waals surface area contributed by atoms with Crippen LogP contribution in [0.3, 0.4) is 0 Å². The molecule has 0 radical (unpaired) electrons. The van der Waals surface area contributed by atoms with Crippen molar-refractivity contribution in [1.82, 2.24) is 0 Å². The summed E-state index contributed by atoms with van der Waals surface area (Å²) in [7, 11) is -89.0.